The molecule has 2 rings (SSSR count). The van der Waals surface area contributed by atoms with Gasteiger partial charge in [0.05, 0.1) is 19.4 Å². The van der Waals surface area contributed by atoms with Crippen LogP contribution in [0.1, 0.15) is 18.6 Å². The lowest BCUT2D eigenvalue weighted by atomic mass is 10.1. The van der Waals surface area contributed by atoms with Gasteiger partial charge in [-0.2, -0.15) is 0 Å². The monoisotopic (exact) mass is 308 g/mol. The molecule has 1 aromatic rings. The number of hydrogen-bond acceptors (Lipinski definition) is 4. The summed E-state index contributed by atoms with van der Waals surface area (Å²) in [6.07, 6.45) is 3.32. The first-order valence-corrected chi connectivity index (χ1v) is 7.55. The Morgan fingerprint density at radius 1 is 1.41 bits per heavy atom. The minimum absolute atomic E-state index is 0.0284. The van der Waals surface area contributed by atoms with E-state index in [4.69, 9.17) is 4.42 Å². The Kier molecular flexibility index (Phi) is 5.83. The van der Waals surface area contributed by atoms with Crippen molar-refractivity contribution in [1.29, 1.82) is 0 Å². The Morgan fingerprint density at radius 2 is 2.14 bits per heavy atom. The van der Waals surface area contributed by atoms with Crippen molar-refractivity contribution in [3.63, 3.8) is 0 Å². The average Bonchev–Trinajstić information content (AvgIpc) is 3.02. The van der Waals surface area contributed by atoms with Gasteiger partial charge in [-0.25, -0.2) is 4.79 Å². The molecule has 2 N–H and O–H groups in total. The van der Waals surface area contributed by atoms with E-state index in [-0.39, 0.29) is 18.0 Å². The number of furan rings is 1. The summed E-state index contributed by atoms with van der Waals surface area (Å²) < 4.78 is 5.24. The molecule has 7 heteroatoms. The predicted molar refractivity (Wildman–Crippen MR) is 82.2 cm³/mol. The number of urea groups is 1. The van der Waals surface area contributed by atoms with E-state index in [1.165, 1.54) is 0 Å². The number of rotatable bonds is 5. The molecular formula is C15H24N4O3. The van der Waals surface area contributed by atoms with Gasteiger partial charge >= 0.3 is 6.03 Å². The van der Waals surface area contributed by atoms with Gasteiger partial charge in [-0.1, -0.05) is 0 Å². The van der Waals surface area contributed by atoms with Crippen molar-refractivity contribution in [3.05, 3.63) is 24.2 Å². The van der Waals surface area contributed by atoms with Gasteiger partial charge < -0.3 is 20.0 Å². The van der Waals surface area contributed by atoms with Gasteiger partial charge in [-0.3, -0.25) is 9.69 Å². The molecule has 0 saturated carbocycles. The third-order valence-electron chi connectivity index (χ3n) is 3.88. The molecule has 0 aliphatic carbocycles. The number of piperidine rings is 1. The molecule has 1 aromatic heterocycles. The first kappa shape index (κ1) is 16.4. The van der Waals surface area contributed by atoms with Gasteiger partial charge in [0, 0.05) is 33.2 Å². The van der Waals surface area contributed by atoms with E-state index >= 15 is 0 Å². The molecular weight excluding hydrogens is 284 g/mol. The van der Waals surface area contributed by atoms with Crippen LogP contribution < -0.4 is 10.6 Å². The number of likely N-dealkylation sites (N-methyl/N-ethyl adjacent to an activating group) is 1. The van der Waals surface area contributed by atoms with Crippen LogP contribution in [-0.4, -0.2) is 61.5 Å². The van der Waals surface area contributed by atoms with Crippen LogP contribution >= 0.6 is 0 Å². The van der Waals surface area contributed by atoms with Gasteiger partial charge in [-0.05, 0) is 25.0 Å². The molecule has 22 heavy (non-hydrogen) atoms. The normalized spacial score (nSPS) is 16.3. The molecule has 0 atom stereocenters. The molecule has 122 valence electrons. The smallest absolute Gasteiger partial charge is 0.317 e. The van der Waals surface area contributed by atoms with E-state index in [0.717, 1.165) is 31.7 Å². The van der Waals surface area contributed by atoms with Gasteiger partial charge in [-0.15, -0.1) is 0 Å². The van der Waals surface area contributed by atoms with Crippen LogP contribution in [-0.2, 0) is 11.3 Å². The molecule has 0 radical (unpaired) electrons. The van der Waals surface area contributed by atoms with Crippen molar-refractivity contribution in [3.8, 4) is 0 Å². The maximum Gasteiger partial charge on any atom is 0.317 e. The number of amides is 3. The van der Waals surface area contributed by atoms with Crippen LogP contribution in [0.4, 0.5) is 4.79 Å². The second-order valence-electron chi connectivity index (χ2n) is 5.61. The number of carbonyl (C=O) groups excluding carboxylic acids is 2. The summed E-state index contributed by atoms with van der Waals surface area (Å²) in [6, 6.07) is 3.72. The molecule has 1 fully saturated rings. The van der Waals surface area contributed by atoms with E-state index in [9.17, 15) is 9.59 Å². The summed E-state index contributed by atoms with van der Waals surface area (Å²) in [5, 5.41) is 5.66. The highest BCUT2D eigenvalue weighted by molar-refractivity contribution is 5.77. The molecule has 0 spiro atoms. The van der Waals surface area contributed by atoms with E-state index < -0.39 is 0 Å². The Morgan fingerprint density at radius 3 is 2.73 bits per heavy atom. The molecule has 0 unspecified atom stereocenters. The summed E-state index contributed by atoms with van der Waals surface area (Å²) in [4.78, 5) is 27.2. The Labute approximate surface area is 130 Å². The second kappa shape index (κ2) is 7.84. The maximum atomic E-state index is 12.1. The Bertz CT molecular complexity index is 481. The van der Waals surface area contributed by atoms with Crippen molar-refractivity contribution < 1.29 is 14.0 Å². The molecule has 0 aromatic carbocycles. The van der Waals surface area contributed by atoms with Crippen LogP contribution in [0.3, 0.4) is 0 Å². The lowest BCUT2D eigenvalue weighted by Crippen LogP contribution is -2.49. The van der Waals surface area contributed by atoms with Crippen LogP contribution in [0.25, 0.3) is 0 Å². The summed E-state index contributed by atoms with van der Waals surface area (Å²) in [6.45, 7) is 2.52. The number of nitrogens with zero attached hydrogens (tertiary/aromatic N) is 2. The maximum absolute atomic E-state index is 12.1. The third kappa shape index (κ3) is 4.77. The molecule has 7 nitrogen and oxygen atoms in total. The van der Waals surface area contributed by atoms with Crippen LogP contribution in [0, 0.1) is 0 Å². The minimum Gasteiger partial charge on any atom is -0.467 e. The predicted octanol–water partition coefficient (Wildman–Crippen LogP) is 0.631. The largest absolute Gasteiger partial charge is 0.467 e. The summed E-state index contributed by atoms with van der Waals surface area (Å²) in [5.41, 5.74) is 0. The van der Waals surface area contributed by atoms with E-state index in [1.807, 2.05) is 12.1 Å². The van der Waals surface area contributed by atoms with Crippen molar-refractivity contribution in [2.45, 2.75) is 25.4 Å². The van der Waals surface area contributed by atoms with Gasteiger partial charge in [0.1, 0.15) is 5.76 Å². The number of nitrogens with one attached hydrogen (secondary N) is 2. The molecule has 1 aliphatic rings. The highest BCUT2D eigenvalue weighted by Crippen LogP contribution is 2.11. The summed E-state index contributed by atoms with van der Waals surface area (Å²) in [7, 11) is 3.39. The third-order valence-corrected chi connectivity index (χ3v) is 3.88. The average molecular weight is 308 g/mol. The van der Waals surface area contributed by atoms with Gasteiger partial charge in [0.15, 0.2) is 0 Å². The zero-order valence-corrected chi connectivity index (χ0v) is 13.2. The van der Waals surface area contributed by atoms with Gasteiger partial charge in [0.25, 0.3) is 0 Å². The highest BCUT2D eigenvalue weighted by Gasteiger charge is 2.23. The van der Waals surface area contributed by atoms with Gasteiger partial charge in [0.2, 0.25) is 5.91 Å². The number of likely N-dealkylation sites (tertiary alicyclic amines) is 1. The topological polar surface area (TPSA) is 77.8 Å². The molecule has 1 aliphatic heterocycles. The lowest BCUT2D eigenvalue weighted by molar-refractivity contribution is -0.122. The molecule has 0 bridgehead atoms. The van der Waals surface area contributed by atoms with E-state index in [2.05, 4.69) is 15.5 Å². The number of hydrogen-bond donors (Lipinski definition) is 2. The SMILES string of the molecule is CNC(=O)CN1CCC(NC(=O)N(C)Cc2ccco2)CC1. The fraction of sp³-hybridized carbons (Fsp3) is 0.600. The second-order valence-corrected chi connectivity index (χ2v) is 5.61. The first-order valence-electron chi connectivity index (χ1n) is 7.55. The summed E-state index contributed by atoms with van der Waals surface area (Å²) >= 11 is 0. The minimum atomic E-state index is -0.0962. The van der Waals surface area contributed by atoms with Crippen molar-refractivity contribution in [2.24, 2.45) is 0 Å². The lowest BCUT2D eigenvalue weighted by Gasteiger charge is -2.32. The van der Waals surface area contributed by atoms with Crippen LogP contribution in [0.2, 0.25) is 0 Å². The first-order chi connectivity index (χ1) is 10.6. The van der Waals surface area contributed by atoms with Crippen molar-refractivity contribution >= 4 is 11.9 Å². The van der Waals surface area contributed by atoms with E-state index in [0.29, 0.717) is 13.1 Å². The molecule has 3 amide bonds. The molecule has 2 heterocycles. The quantitative estimate of drug-likeness (QED) is 0.836. The number of carbonyl (C=O) groups is 2. The van der Waals surface area contributed by atoms with Crippen molar-refractivity contribution in [2.75, 3.05) is 33.7 Å². The molecule has 1 saturated heterocycles. The van der Waals surface area contributed by atoms with Crippen LogP contribution in [0.5, 0.6) is 0 Å². The van der Waals surface area contributed by atoms with Crippen molar-refractivity contribution in [1.82, 2.24) is 20.4 Å². The zero-order valence-electron chi connectivity index (χ0n) is 13.2. The Hall–Kier alpha value is -2.02. The van der Waals surface area contributed by atoms with E-state index in [1.54, 1.807) is 25.3 Å². The zero-order chi connectivity index (χ0) is 15.9. The standard InChI is InChI=1S/C15H24N4O3/c1-16-14(20)11-19-7-5-12(6-8-19)17-15(21)18(2)10-13-4-3-9-22-13/h3-4,9,12H,5-8,10-11H2,1-2H3,(H,16,20)(H,17,21). The fourth-order valence-electron chi connectivity index (χ4n) is 2.51. The fourth-order valence-corrected chi connectivity index (χ4v) is 2.51. The Balaban J connectivity index is 1.71. The highest BCUT2D eigenvalue weighted by atomic mass is 16.3. The summed E-state index contributed by atoms with van der Waals surface area (Å²) in [5.74, 6) is 0.790. The van der Waals surface area contributed by atoms with Crippen LogP contribution in [0.15, 0.2) is 22.8 Å².